The molecule has 18 heavy (non-hydrogen) atoms. The van der Waals surface area contributed by atoms with Crippen molar-refractivity contribution >= 4 is 18.3 Å². The van der Waals surface area contributed by atoms with Gasteiger partial charge in [0, 0.05) is 11.7 Å². The van der Waals surface area contributed by atoms with Crippen molar-refractivity contribution in [3.05, 3.63) is 55.1 Å². The fourth-order valence-electron chi connectivity index (χ4n) is 1.06. The van der Waals surface area contributed by atoms with Gasteiger partial charge in [-0.25, -0.2) is 0 Å². The summed E-state index contributed by atoms with van der Waals surface area (Å²) in [7, 11) is 0. The van der Waals surface area contributed by atoms with Gasteiger partial charge >= 0.3 is 0 Å². The summed E-state index contributed by atoms with van der Waals surface area (Å²) in [6.45, 7) is 14.0. The molecule has 0 aliphatic carbocycles. The van der Waals surface area contributed by atoms with Crippen molar-refractivity contribution in [2.24, 2.45) is 0 Å². The lowest BCUT2D eigenvalue weighted by atomic mass is 10.1. The maximum Gasteiger partial charge on any atom is 0.0413 e. The molecule has 0 saturated heterocycles. The predicted octanol–water partition coefficient (Wildman–Crippen LogP) is 4.78. The summed E-state index contributed by atoms with van der Waals surface area (Å²) in [6.07, 6.45) is 4.80. The van der Waals surface area contributed by atoms with Gasteiger partial charge in [-0.2, -0.15) is 12.6 Å². The van der Waals surface area contributed by atoms with Crippen LogP contribution in [-0.2, 0) is 0 Å². The highest BCUT2D eigenvalue weighted by Crippen LogP contribution is 2.08. The molecule has 0 aliphatic rings. The average Bonchev–Trinajstić information content (AvgIpc) is 2.42. The Kier molecular flexibility index (Phi) is 14.8. The van der Waals surface area contributed by atoms with Crippen molar-refractivity contribution in [3.63, 3.8) is 0 Å². The summed E-state index contributed by atoms with van der Waals surface area (Å²) in [6, 6.07) is 10.3. The minimum Gasteiger partial charge on any atom is -0.379 e. The van der Waals surface area contributed by atoms with E-state index in [-0.39, 0.29) is 6.04 Å². The van der Waals surface area contributed by atoms with Crippen molar-refractivity contribution in [1.82, 2.24) is 5.32 Å². The normalized spacial score (nSPS) is 9.83. The van der Waals surface area contributed by atoms with Gasteiger partial charge in [-0.3, -0.25) is 0 Å². The van der Waals surface area contributed by atoms with Crippen LogP contribution in [0.5, 0.6) is 0 Å². The van der Waals surface area contributed by atoms with Crippen LogP contribution < -0.4 is 5.32 Å². The number of rotatable bonds is 4. The second-order valence-corrected chi connectivity index (χ2v) is 3.72. The van der Waals surface area contributed by atoms with E-state index < -0.39 is 0 Å². The summed E-state index contributed by atoms with van der Waals surface area (Å²) in [5, 5.41) is 3.23. The minimum atomic E-state index is 0.257. The Hall–Kier alpha value is -1.15. The monoisotopic (exact) mass is 265 g/mol. The molecule has 2 heteroatoms. The van der Waals surface area contributed by atoms with Gasteiger partial charge in [0.15, 0.2) is 0 Å². The van der Waals surface area contributed by atoms with Crippen LogP contribution in [-0.4, -0.2) is 12.3 Å². The molecule has 0 aromatic heterocycles. The Bertz CT molecular complexity index is 306. The van der Waals surface area contributed by atoms with Crippen LogP contribution in [0.15, 0.2) is 49.6 Å². The van der Waals surface area contributed by atoms with Crippen LogP contribution in [0.4, 0.5) is 0 Å². The van der Waals surface area contributed by atoms with Crippen LogP contribution in [0.25, 0.3) is 5.70 Å². The molecule has 0 saturated carbocycles. The lowest BCUT2D eigenvalue weighted by Crippen LogP contribution is -2.21. The second kappa shape index (κ2) is 13.9. The van der Waals surface area contributed by atoms with Crippen molar-refractivity contribution in [1.29, 1.82) is 0 Å². The third kappa shape index (κ3) is 10.0. The molecule has 0 aliphatic heterocycles. The minimum absolute atomic E-state index is 0.257. The molecule has 0 amide bonds. The standard InChI is InChI=1S/C12H15N.C3H8.CH4S/c1-4-10(2)13-11(3)12-8-6-5-7-9-12;1-3-2;1-2/h4-10,13H,1,3H2,2H3;3H2,1-2H3;2H,1H3. The van der Waals surface area contributed by atoms with E-state index in [4.69, 9.17) is 0 Å². The number of hydrogen-bond donors (Lipinski definition) is 2. The summed E-state index contributed by atoms with van der Waals surface area (Å²) >= 11 is 3.53. The van der Waals surface area contributed by atoms with Crippen LogP contribution in [0.3, 0.4) is 0 Å². The Morgan fingerprint density at radius 2 is 1.72 bits per heavy atom. The van der Waals surface area contributed by atoms with Gasteiger partial charge in [-0.05, 0) is 18.7 Å². The largest absolute Gasteiger partial charge is 0.379 e. The van der Waals surface area contributed by atoms with Gasteiger partial charge in [0.05, 0.1) is 0 Å². The molecule has 1 rings (SSSR count). The van der Waals surface area contributed by atoms with E-state index in [1.165, 1.54) is 6.42 Å². The van der Waals surface area contributed by atoms with Gasteiger partial charge in [0.1, 0.15) is 0 Å². The number of nitrogens with one attached hydrogen (secondary N) is 1. The van der Waals surface area contributed by atoms with Crippen molar-refractivity contribution < 1.29 is 0 Å². The molecule has 0 radical (unpaired) electrons. The smallest absolute Gasteiger partial charge is 0.0413 e. The van der Waals surface area contributed by atoms with E-state index in [1.807, 2.05) is 43.3 Å². The Morgan fingerprint density at radius 3 is 2.11 bits per heavy atom. The number of thiol groups is 1. The van der Waals surface area contributed by atoms with E-state index in [9.17, 15) is 0 Å². The van der Waals surface area contributed by atoms with Crippen LogP contribution in [0, 0.1) is 0 Å². The summed E-state index contributed by atoms with van der Waals surface area (Å²) < 4.78 is 0. The highest BCUT2D eigenvalue weighted by atomic mass is 32.1. The van der Waals surface area contributed by atoms with E-state index in [0.29, 0.717) is 0 Å². The Labute approximate surface area is 118 Å². The fraction of sp³-hybridized carbons (Fsp3) is 0.375. The molecular weight excluding hydrogens is 238 g/mol. The molecule has 1 atom stereocenters. The molecule has 1 aromatic rings. The fourth-order valence-corrected chi connectivity index (χ4v) is 1.06. The van der Waals surface area contributed by atoms with Gasteiger partial charge in [-0.15, -0.1) is 6.58 Å². The zero-order valence-corrected chi connectivity index (χ0v) is 13.0. The van der Waals surface area contributed by atoms with Crippen LogP contribution >= 0.6 is 12.6 Å². The molecule has 0 bridgehead atoms. The maximum atomic E-state index is 3.95. The molecule has 102 valence electrons. The zero-order chi connectivity index (χ0) is 14.4. The third-order valence-corrected chi connectivity index (χ3v) is 1.88. The highest BCUT2D eigenvalue weighted by Gasteiger charge is 1.99. The molecular formula is C16H27NS. The lowest BCUT2D eigenvalue weighted by Gasteiger charge is -2.13. The van der Waals surface area contributed by atoms with Crippen molar-refractivity contribution in [3.8, 4) is 0 Å². The Balaban J connectivity index is 0. The van der Waals surface area contributed by atoms with E-state index >= 15 is 0 Å². The first kappa shape index (κ1) is 19.2. The Morgan fingerprint density at radius 1 is 1.28 bits per heavy atom. The van der Waals surface area contributed by atoms with Gasteiger partial charge < -0.3 is 5.32 Å². The quantitative estimate of drug-likeness (QED) is 0.589. The molecule has 1 aromatic carbocycles. The first-order valence-corrected chi connectivity index (χ1v) is 7.13. The first-order valence-electron chi connectivity index (χ1n) is 6.23. The summed E-state index contributed by atoms with van der Waals surface area (Å²) in [4.78, 5) is 0. The highest BCUT2D eigenvalue weighted by molar-refractivity contribution is 7.79. The van der Waals surface area contributed by atoms with Gasteiger partial charge in [0.2, 0.25) is 0 Å². The van der Waals surface area contributed by atoms with Crippen molar-refractivity contribution in [2.75, 3.05) is 6.26 Å². The summed E-state index contributed by atoms with van der Waals surface area (Å²) in [5.41, 5.74) is 2.06. The topological polar surface area (TPSA) is 12.0 Å². The molecule has 1 N–H and O–H groups in total. The van der Waals surface area contributed by atoms with E-state index in [1.54, 1.807) is 6.26 Å². The number of benzene rings is 1. The molecule has 1 nitrogen and oxygen atoms in total. The van der Waals surface area contributed by atoms with E-state index in [0.717, 1.165) is 11.3 Å². The van der Waals surface area contributed by atoms with Crippen LogP contribution in [0.2, 0.25) is 0 Å². The summed E-state index contributed by atoms with van der Waals surface area (Å²) in [5.74, 6) is 0. The SMILES string of the molecule is C=CC(C)NC(=C)c1ccccc1.CCC.CS. The lowest BCUT2D eigenvalue weighted by molar-refractivity contribution is 0.789. The van der Waals surface area contributed by atoms with E-state index in [2.05, 4.69) is 45.0 Å². The third-order valence-electron chi connectivity index (χ3n) is 1.88. The van der Waals surface area contributed by atoms with Gasteiger partial charge in [-0.1, -0.05) is 63.3 Å². The maximum absolute atomic E-state index is 3.95. The van der Waals surface area contributed by atoms with Crippen molar-refractivity contribution in [2.45, 2.75) is 33.2 Å². The predicted molar refractivity (Wildman–Crippen MR) is 89.1 cm³/mol. The molecule has 1 unspecified atom stereocenters. The number of hydrogen-bond acceptors (Lipinski definition) is 2. The molecule has 0 spiro atoms. The molecule has 0 heterocycles. The first-order chi connectivity index (χ1) is 8.65. The second-order valence-electron chi connectivity index (χ2n) is 3.72. The average molecular weight is 265 g/mol. The molecule has 0 fully saturated rings. The van der Waals surface area contributed by atoms with Crippen LogP contribution in [0.1, 0.15) is 32.8 Å². The van der Waals surface area contributed by atoms with Gasteiger partial charge in [0.25, 0.3) is 0 Å². The zero-order valence-electron chi connectivity index (χ0n) is 12.1.